The van der Waals surface area contributed by atoms with E-state index in [1.54, 1.807) is 24.3 Å². The molecular weight excluding hydrogens is 498 g/mol. The summed E-state index contributed by atoms with van der Waals surface area (Å²) < 4.78 is 15.8. The Morgan fingerprint density at radius 2 is 1.70 bits per heavy atom. The molecule has 0 spiro atoms. The highest BCUT2D eigenvalue weighted by Gasteiger charge is 2.39. The van der Waals surface area contributed by atoms with Crippen LogP contribution in [0.3, 0.4) is 0 Å². The smallest absolute Gasteiger partial charge is 0.350 e. The van der Waals surface area contributed by atoms with Gasteiger partial charge in [-0.2, -0.15) is 0 Å². The number of anilines is 2. The minimum absolute atomic E-state index is 0.0106. The molecule has 1 amide bonds. The molecule has 2 saturated heterocycles. The standard InChI is InChI=1S/C27H30ClN3O6/c1-4-15-35-20-8-5-18(6-9-20)24(32)31-13-11-30(12-14-31)23-10-7-19(16-22(23)28)29-17-21-25(33)36-27(2,3)37-26(21)34/h5-10,16-17,29H,4,11-15H2,1-3H3. The lowest BCUT2D eigenvalue weighted by Gasteiger charge is -2.36. The maximum Gasteiger partial charge on any atom is 0.350 e. The summed E-state index contributed by atoms with van der Waals surface area (Å²) in [5.41, 5.74) is 1.83. The van der Waals surface area contributed by atoms with Crippen molar-refractivity contribution in [3.63, 3.8) is 0 Å². The summed E-state index contributed by atoms with van der Waals surface area (Å²) in [6.07, 6.45) is 2.18. The third kappa shape index (κ3) is 6.35. The van der Waals surface area contributed by atoms with Crippen LogP contribution in [0.4, 0.5) is 11.4 Å². The molecule has 10 heteroatoms. The van der Waals surface area contributed by atoms with Gasteiger partial charge in [0.15, 0.2) is 5.57 Å². The van der Waals surface area contributed by atoms with Crippen molar-refractivity contribution >= 4 is 40.8 Å². The largest absolute Gasteiger partial charge is 0.494 e. The van der Waals surface area contributed by atoms with Gasteiger partial charge in [0.2, 0.25) is 0 Å². The van der Waals surface area contributed by atoms with Crippen molar-refractivity contribution in [3.8, 4) is 5.75 Å². The molecular formula is C27H30ClN3O6. The van der Waals surface area contributed by atoms with Crippen molar-refractivity contribution in [1.29, 1.82) is 0 Å². The van der Waals surface area contributed by atoms with E-state index < -0.39 is 17.7 Å². The van der Waals surface area contributed by atoms with E-state index in [1.165, 1.54) is 20.0 Å². The van der Waals surface area contributed by atoms with Gasteiger partial charge in [-0.05, 0) is 48.9 Å². The van der Waals surface area contributed by atoms with Gasteiger partial charge >= 0.3 is 11.9 Å². The van der Waals surface area contributed by atoms with Crippen LogP contribution >= 0.6 is 11.6 Å². The lowest BCUT2D eigenvalue weighted by Crippen LogP contribution is -2.48. The van der Waals surface area contributed by atoms with E-state index in [0.29, 0.717) is 49.1 Å². The first-order valence-corrected chi connectivity index (χ1v) is 12.5. The lowest BCUT2D eigenvalue weighted by molar-refractivity contribution is -0.222. The van der Waals surface area contributed by atoms with Crippen molar-refractivity contribution in [3.05, 3.63) is 64.8 Å². The third-order valence-electron chi connectivity index (χ3n) is 5.93. The highest BCUT2D eigenvalue weighted by molar-refractivity contribution is 6.33. The second-order valence-electron chi connectivity index (χ2n) is 9.20. The van der Waals surface area contributed by atoms with E-state index in [1.807, 2.05) is 30.0 Å². The fourth-order valence-corrected chi connectivity index (χ4v) is 4.33. The maximum absolute atomic E-state index is 12.9. The molecule has 2 heterocycles. The first-order valence-electron chi connectivity index (χ1n) is 12.2. The van der Waals surface area contributed by atoms with Crippen LogP contribution in [0.2, 0.25) is 5.02 Å². The van der Waals surface area contributed by atoms with Crippen LogP contribution in [0.1, 0.15) is 37.6 Å². The van der Waals surface area contributed by atoms with Crippen LogP contribution in [0, 0.1) is 0 Å². The van der Waals surface area contributed by atoms with Gasteiger partial charge in [0.05, 0.1) is 17.3 Å². The number of carbonyl (C=O) groups is 3. The summed E-state index contributed by atoms with van der Waals surface area (Å²) in [6.45, 7) is 8.07. The summed E-state index contributed by atoms with van der Waals surface area (Å²) in [5, 5.41) is 3.40. The Morgan fingerprint density at radius 1 is 1.05 bits per heavy atom. The number of ether oxygens (including phenoxy) is 3. The SMILES string of the molecule is CCCOc1ccc(C(=O)N2CCN(c3ccc(NC=C4C(=O)OC(C)(C)OC4=O)cc3Cl)CC2)cc1. The Hall–Kier alpha value is -3.72. The van der Waals surface area contributed by atoms with Gasteiger partial charge in [-0.25, -0.2) is 9.59 Å². The molecule has 196 valence electrons. The quantitative estimate of drug-likeness (QED) is 0.325. The number of hydrogen-bond acceptors (Lipinski definition) is 8. The number of amides is 1. The highest BCUT2D eigenvalue weighted by Crippen LogP contribution is 2.30. The van der Waals surface area contributed by atoms with Crippen molar-refractivity contribution in [1.82, 2.24) is 4.90 Å². The maximum atomic E-state index is 12.9. The molecule has 9 nitrogen and oxygen atoms in total. The number of benzene rings is 2. The fraction of sp³-hybridized carbons (Fsp3) is 0.370. The van der Waals surface area contributed by atoms with Crippen LogP contribution in [0.5, 0.6) is 5.75 Å². The number of nitrogens with zero attached hydrogens (tertiary/aromatic N) is 2. The van der Waals surface area contributed by atoms with Crippen LogP contribution in [-0.2, 0) is 19.1 Å². The molecule has 1 N–H and O–H groups in total. The summed E-state index contributed by atoms with van der Waals surface area (Å²) in [7, 11) is 0. The average molecular weight is 528 g/mol. The van der Waals surface area contributed by atoms with E-state index in [4.69, 9.17) is 25.8 Å². The van der Waals surface area contributed by atoms with Crippen molar-refractivity contribution < 1.29 is 28.6 Å². The van der Waals surface area contributed by atoms with Crippen LogP contribution < -0.4 is 15.0 Å². The monoisotopic (exact) mass is 527 g/mol. The molecule has 2 aliphatic heterocycles. The van der Waals surface area contributed by atoms with Gasteiger partial charge in [-0.15, -0.1) is 0 Å². The molecule has 2 fully saturated rings. The molecule has 2 aromatic carbocycles. The van der Waals surface area contributed by atoms with E-state index in [0.717, 1.165) is 17.9 Å². The number of cyclic esters (lactones) is 2. The van der Waals surface area contributed by atoms with E-state index in [9.17, 15) is 14.4 Å². The number of carbonyl (C=O) groups excluding carboxylic acids is 3. The van der Waals surface area contributed by atoms with E-state index in [2.05, 4.69) is 10.2 Å². The summed E-state index contributed by atoms with van der Waals surface area (Å²) in [4.78, 5) is 41.1. The molecule has 0 saturated carbocycles. The molecule has 0 aromatic heterocycles. The number of hydrogen-bond donors (Lipinski definition) is 1. The number of rotatable bonds is 7. The van der Waals surface area contributed by atoms with Crippen molar-refractivity contribution in [2.45, 2.75) is 33.0 Å². The van der Waals surface area contributed by atoms with Gasteiger partial charge in [-0.3, -0.25) is 4.79 Å². The number of nitrogens with one attached hydrogen (secondary N) is 1. The second-order valence-corrected chi connectivity index (χ2v) is 9.61. The molecule has 2 aromatic rings. The topological polar surface area (TPSA) is 97.4 Å². The van der Waals surface area contributed by atoms with Gasteiger partial charge in [0, 0.05) is 57.5 Å². The number of halogens is 1. The Labute approximate surface area is 220 Å². The molecule has 4 rings (SSSR count). The predicted octanol–water partition coefficient (Wildman–Crippen LogP) is 4.22. The molecule has 0 unspecified atom stereocenters. The van der Waals surface area contributed by atoms with Crippen LogP contribution in [-0.4, -0.2) is 61.3 Å². The highest BCUT2D eigenvalue weighted by atomic mass is 35.5. The Kier molecular flexibility index (Phi) is 7.92. The normalized spacial score (nSPS) is 17.1. The lowest BCUT2D eigenvalue weighted by atomic mass is 10.1. The predicted molar refractivity (Wildman–Crippen MR) is 140 cm³/mol. The van der Waals surface area contributed by atoms with Crippen LogP contribution in [0.25, 0.3) is 0 Å². The second kappa shape index (κ2) is 11.1. The zero-order valence-electron chi connectivity index (χ0n) is 21.1. The van der Waals surface area contributed by atoms with Gasteiger partial charge in [-0.1, -0.05) is 18.5 Å². The summed E-state index contributed by atoms with van der Waals surface area (Å²) >= 11 is 6.55. The van der Waals surface area contributed by atoms with Gasteiger partial charge < -0.3 is 29.3 Å². The molecule has 0 atom stereocenters. The number of piperazine rings is 1. The Bertz CT molecular complexity index is 1180. The first kappa shape index (κ1) is 26.3. The molecule has 0 bridgehead atoms. The molecule has 2 aliphatic rings. The minimum atomic E-state index is -1.29. The van der Waals surface area contributed by atoms with Crippen molar-refractivity contribution in [2.75, 3.05) is 43.0 Å². The summed E-state index contributed by atoms with van der Waals surface area (Å²) in [5.74, 6) is -2.06. The van der Waals surface area contributed by atoms with Crippen molar-refractivity contribution in [2.24, 2.45) is 0 Å². The van der Waals surface area contributed by atoms with Gasteiger partial charge in [0.1, 0.15) is 5.75 Å². The van der Waals surface area contributed by atoms with E-state index >= 15 is 0 Å². The van der Waals surface area contributed by atoms with Crippen LogP contribution in [0.15, 0.2) is 54.2 Å². The zero-order chi connectivity index (χ0) is 26.6. The third-order valence-corrected chi connectivity index (χ3v) is 6.23. The molecule has 0 radical (unpaired) electrons. The zero-order valence-corrected chi connectivity index (χ0v) is 21.8. The Balaban J connectivity index is 1.34. The molecule has 0 aliphatic carbocycles. The van der Waals surface area contributed by atoms with Gasteiger partial charge in [0.25, 0.3) is 11.7 Å². The summed E-state index contributed by atoms with van der Waals surface area (Å²) in [6, 6.07) is 12.6. The van der Waals surface area contributed by atoms with E-state index in [-0.39, 0.29) is 11.5 Å². The number of esters is 2. The molecule has 37 heavy (non-hydrogen) atoms. The first-order chi connectivity index (χ1) is 17.7. The average Bonchev–Trinajstić information content (AvgIpc) is 2.86. The Morgan fingerprint density at radius 3 is 2.30 bits per heavy atom. The fourth-order valence-electron chi connectivity index (χ4n) is 4.03. The minimum Gasteiger partial charge on any atom is -0.494 e.